The quantitative estimate of drug-likeness (QED) is 0.480. The molecule has 0 aromatic carbocycles. The largest absolute Gasteiger partial charge is 0.519 e. The Balaban J connectivity index is 3.81. The molecule has 0 rings (SSSR count). The summed E-state index contributed by atoms with van der Waals surface area (Å²) in [6, 6.07) is 0. The standard InChI is InChI=1S/C6H13ClO2Si/c1-5(7)6(8)9-10(2,3)4/h5H,1-4H3. The van der Waals surface area contributed by atoms with E-state index in [4.69, 9.17) is 16.0 Å². The van der Waals surface area contributed by atoms with Gasteiger partial charge in [0, 0.05) is 0 Å². The van der Waals surface area contributed by atoms with Crippen LogP contribution in [-0.2, 0) is 9.22 Å². The van der Waals surface area contributed by atoms with E-state index in [1.165, 1.54) is 0 Å². The maximum Gasteiger partial charge on any atom is 0.310 e. The molecule has 0 fully saturated rings. The summed E-state index contributed by atoms with van der Waals surface area (Å²) in [7, 11) is -1.72. The van der Waals surface area contributed by atoms with E-state index in [-0.39, 0.29) is 5.97 Å². The van der Waals surface area contributed by atoms with Crippen molar-refractivity contribution in [2.45, 2.75) is 31.9 Å². The van der Waals surface area contributed by atoms with Gasteiger partial charge < -0.3 is 4.43 Å². The highest BCUT2D eigenvalue weighted by atomic mass is 35.5. The highest BCUT2D eigenvalue weighted by Gasteiger charge is 2.22. The summed E-state index contributed by atoms with van der Waals surface area (Å²) in [6.45, 7) is 7.46. The zero-order chi connectivity index (χ0) is 8.36. The summed E-state index contributed by atoms with van der Waals surface area (Å²) < 4.78 is 5.07. The van der Waals surface area contributed by atoms with Crippen LogP contribution in [-0.4, -0.2) is 19.7 Å². The Bertz CT molecular complexity index is 128. The van der Waals surface area contributed by atoms with Gasteiger partial charge in [-0.05, 0) is 26.6 Å². The van der Waals surface area contributed by atoms with Crippen LogP contribution in [0, 0.1) is 0 Å². The van der Waals surface area contributed by atoms with E-state index in [0.29, 0.717) is 0 Å². The summed E-state index contributed by atoms with van der Waals surface area (Å²) in [6.07, 6.45) is 0. The molecule has 0 amide bonds. The Kier molecular flexibility index (Phi) is 3.38. The highest BCUT2D eigenvalue weighted by molar-refractivity contribution is 6.71. The van der Waals surface area contributed by atoms with Crippen molar-refractivity contribution in [3.05, 3.63) is 0 Å². The summed E-state index contributed by atoms with van der Waals surface area (Å²) in [5.41, 5.74) is 0. The van der Waals surface area contributed by atoms with Crippen LogP contribution in [0.15, 0.2) is 0 Å². The molecule has 0 aromatic heterocycles. The fraction of sp³-hybridized carbons (Fsp3) is 0.833. The van der Waals surface area contributed by atoms with Gasteiger partial charge in [0.05, 0.1) is 0 Å². The molecule has 0 spiro atoms. The van der Waals surface area contributed by atoms with Crippen molar-refractivity contribution < 1.29 is 9.22 Å². The van der Waals surface area contributed by atoms with Crippen molar-refractivity contribution in [2.75, 3.05) is 0 Å². The summed E-state index contributed by atoms with van der Waals surface area (Å²) in [4.78, 5) is 10.8. The average Bonchev–Trinajstić information content (AvgIpc) is 1.60. The molecular formula is C6H13ClO2Si. The maximum absolute atomic E-state index is 10.8. The number of halogens is 1. The van der Waals surface area contributed by atoms with Gasteiger partial charge >= 0.3 is 5.97 Å². The molecule has 2 nitrogen and oxygen atoms in total. The molecule has 0 bridgehead atoms. The first-order chi connectivity index (χ1) is 4.33. The lowest BCUT2D eigenvalue weighted by Gasteiger charge is -2.17. The van der Waals surface area contributed by atoms with Crippen molar-refractivity contribution in [1.29, 1.82) is 0 Å². The molecule has 0 aliphatic carbocycles. The van der Waals surface area contributed by atoms with Crippen molar-refractivity contribution in [1.82, 2.24) is 0 Å². The number of alkyl halides is 1. The Morgan fingerprint density at radius 3 is 2.00 bits per heavy atom. The summed E-state index contributed by atoms with van der Waals surface area (Å²) in [5.74, 6) is -0.305. The number of carbonyl (C=O) groups is 1. The van der Waals surface area contributed by atoms with Gasteiger partial charge in [-0.15, -0.1) is 11.6 Å². The van der Waals surface area contributed by atoms with E-state index < -0.39 is 13.7 Å². The highest BCUT2D eigenvalue weighted by Crippen LogP contribution is 2.06. The molecule has 1 unspecified atom stereocenters. The van der Waals surface area contributed by atoms with Gasteiger partial charge in [0.1, 0.15) is 5.38 Å². The lowest BCUT2D eigenvalue weighted by Crippen LogP contribution is -2.32. The van der Waals surface area contributed by atoms with E-state index in [1.807, 2.05) is 19.6 Å². The second-order valence-electron chi connectivity index (χ2n) is 3.15. The molecule has 4 heteroatoms. The minimum Gasteiger partial charge on any atom is -0.519 e. The molecule has 60 valence electrons. The third-order valence-corrected chi connectivity index (χ3v) is 1.72. The van der Waals surface area contributed by atoms with Crippen LogP contribution in [0.4, 0.5) is 0 Å². The Morgan fingerprint density at radius 1 is 1.50 bits per heavy atom. The van der Waals surface area contributed by atoms with Crippen LogP contribution in [0.1, 0.15) is 6.92 Å². The van der Waals surface area contributed by atoms with Gasteiger partial charge in [0.15, 0.2) is 0 Å². The SMILES string of the molecule is CC(Cl)C(=O)O[Si](C)(C)C. The van der Waals surface area contributed by atoms with E-state index in [1.54, 1.807) is 6.92 Å². The molecule has 0 saturated heterocycles. The molecule has 1 atom stereocenters. The fourth-order valence-electron chi connectivity index (χ4n) is 0.383. The van der Waals surface area contributed by atoms with E-state index >= 15 is 0 Å². The second kappa shape index (κ2) is 3.39. The molecule has 10 heavy (non-hydrogen) atoms. The van der Waals surface area contributed by atoms with Gasteiger partial charge in [0.25, 0.3) is 0 Å². The monoisotopic (exact) mass is 180 g/mol. The minimum absolute atomic E-state index is 0.305. The normalized spacial score (nSPS) is 14.5. The number of hydrogen-bond acceptors (Lipinski definition) is 2. The fourth-order valence-corrected chi connectivity index (χ4v) is 1.28. The van der Waals surface area contributed by atoms with Gasteiger partial charge in [0.2, 0.25) is 8.32 Å². The van der Waals surface area contributed by atoms with Crippen molar-refractivity contribution in [2.24, 2.45) is 0 Å². The third-order valence-electron chi connectivity index (χ3n) is 0.732. The zero-order valence-electron chi connectivity index (χ0n) is 6.77. The third kappa shape index (κ3) is 4.82. The average molecular weight is 181 g/mol. The van der Waals surface area contributed by atoms with Crippen LogP contribution >= 0.6 is 11.6 Å². The molecule has 0 radical (unpaired) electrons. The number of hydrogen-bond donors (Lipinski definition) is 0. The van der Waals surface area contributed by atoms with Gasteiger partial charge in [-0.2, -0.15) is 0 Å². The molecule has 0 aromatic rings. The maximum atomic E-state index is 10.8. The minimum atomic E-state index is -1.72. The lowest BCUT2D eigenvalue weighted by atomic mass is 10.5. The van der Waals surface area contributed by atoms with Crippen molar-refractivity contribution in [3.8, 4) is 0 Å². The Morgan fingerprint density at radius 2 is 1.90 bits per heavy atom. The predicted octanol–water partition coefficient (Wildman–Crippen LogP) is 1.99. The van der Waals surface area contributed by atoms with Crippen molar-refractivity contribution >= 4 is 25.9 Å². The first-order valence-corrected chi connectivity index (χ1v) is 7.04. The second-order valence-corrected chi connectivity index (χ2v) is 8.23. The van der Waals surface area contributed by atoms with Crippen LogP contribution < -0.4 is 0 Å². The first kappa shape index (κ1) is 9.98. The van der Waals surface area contributed by atoms with Gasteiger partial charge in [-0.3, -0.25) is 4.79 Å². The Labute approximate surface area is 67.6 Å². The Hall–Kier alpha value is -0.0231. The molecule has 0 aliphatic heterocycles. The molecule has 0 N–H and O–H groups in total. The van der Waals surface area contributed by atoms with Crippen LogP contribution in [0.25, 0.3) is 0 Å². The van der Waals surface area contributed by atoms with Gasteiger partial charge in [-0.1, -0.05) is 0 Å². The van der Waals surface area contributed by atoms with E-state index in [0.717, 1.165) is 0 Å². The van der Waals surface area contributed by atoms with Crippen LogP contribution in [0.3, 0.4) is 0 Å². The number of rotatable bonds is 2. The number of carbonyl (C=O) groups excluding carboxylic acids is 1. The zero-order valence-corrected chi connectivity index (χ0v) is 8.53. The van der Waals surface area contributed by atoms with Crippen LogP contribution in [0.2, 0.25) is 19.6 Å². The topological polar surface area (TPSA) is 26.3 Å². The van der Waals surface area contributed by atoms with E-state index in [9.17, 15) is 4.79 Å². The smallest absolute Gasteiger partial charge is 0.310 e. The molecular weight excluding hydrogens is 168 g/mol. The first-order valence-electron chi connectivity index (χ1n) is 3.20. The van der Waals surface area contributed by atoms with Crippen molar-refractivity contribution in [3.63, 3.8) is 0 Å². The van der Waals surface area contributed by atoms with Gasteiger partial charge in [-0.25, -0.2) is 0 Å². The summed E-state index contributed by atoms with van der Waals surface area (Å²) in [5, 5.41) is -0.522. The lowest BCUT2D eigenvalue weighted by molar-refractivity contribution is -0.134. The molecule has 0 heterocycles. The summed E-state index contributed by atoms with van der Waals surface area (Å²) >= 11 is 5.48. The molecule has 0 saturated carbocycles. The predicted molar refractivity (Wildman–Crippen MR) is 44.8 cm³/mol. The molecule has 0 aliphatic rings. The van der Waals surface area contributed by atoms with Crippen LogP contribution in [0.5, 0.6) is 0 Å². The van der Waals surface area contributed by atoms with E-state index in [2.05, 4.69) is 0 Å².